The van der Waals surface area contributed by atoms with Crippen molar-refractivity contribution < 1.29 is 14.3 Å². The number of halogens is 1. The molecule has 0 radical (unpaired) electrons. The summed E-state index contributed by atoms with van der Waals surface area (Å²) < 4.78 is 10.7. The number of benzene rings is 1. The van der Waals surface area contributed by atoms with Crippen LogP contribution in [0.3, 0.4) is 0 Å². The lowest BCUT2D eigenvalue weighted by atomic mass is 10.1. The Morgan fingerprint density at radius 1 is 1.12 bits per heavy atom. The molecule has 0 amide bonds. The van der Waals surface area contributed by atoms with Gasteiger partial charge in [-0.3, -0.25) is 14.7 Å². The highest BCUT2D eigenvalue weighted by atomic mass is 35.5. The Hall–Kier alpha value is -2.11. The zero-order valence-electron chi connectivity index (χ0n) is 14.4. The quantitative estimate of drug-likeness (QED) is 0.815. The van der Waals surface area contributed by atoms with E-state index in [1.165, 1.54) is 0 Å². The second kappa shape index (κ2) is 7.85. The van der Waals surface area contributed by atoms with Crippen molar-refractivity contribution in [2.24, 2.45) is 0 Å². The molecule has 1 fully saturated rings. The fraction of sp³-hybridized carbons (Fsp3) is 0.368. The fourth-order valence-electron chi connectivity index (χ4n) is 2.97. The molecule has 6 heteroatoms. The van der Waals surface area contributed by atoms with E-state index in [1.807, 2.05) is 18.2 Å². The minimum Gasteiger partial charge on any atom is -0.495 e. The van der Waals surface area contributed by atoms with E-state index in [0.29, 0.717) is 35.1 Å². The van der Waals surface area contributed by atoms with Crippen LogP contribution in [-0.2, 0) is 11.3 Å². The Morgan fingerprint density at radius 3 is 2.36 bits per heavy atom. The second-order valence-corrected chi connectivity index (χ2v) is 6.44. The fourth-order valence-corrected chi connectivity index (χ4v) is 3.23. The highest BCUT2D eigenvalue weighted by molar-refractivity contribution is 6.33. The summed E-state index contributed by atoms with van der Waals surface area (Å²) in [5, 5.41) is 0.447. The van der Waals surface area contributed by atoms with Gasteiger partial charge >= 0.3 is 0 Å². The summed E-state index contributed by atoms with van der Waals surface area (Å²) in [6.45, 7) is 2.45. The maximum Gasteiger partial charge on any atom is 0.141 e. The van der Waals surface area contributed by atoms with Gasteiger partial charge in [-0.05, 0) is 29.8 Å². The Bertz CT molecular complexity index is 744. The van der Waals surface area contributed by atoms with Crippen LogP contribution in [0.2, 0.25) is 5.02 Å². The van der Waals surface area contributed by atoms with Gasteiger partial charge in [-0.1, -0.05) is 11.6 Å². The lowest BCUT2D eigenvalue weighted by Gasteiger charge is -2.25. The van der Waals surface area contributed by atoms with E-state index >= 15 is 0 Å². The van der Waals surface area contributed by atoms with Gasteiger partial charge in [0.15, 0.2) is 0 Å². The standard InChI is InChI=1S/C19H21ClN2O3/c1-24-17-10-14(11-18(25-2)19(17)20)16-9-13(3-6-21-16)12-22-7-4-15(23)5-8-22/h3,6,9-11H,4-5,7-8,12H2,1-2H3. The molecule has 1 aliphatic rings. The molecule has 1 saturated heterocycles. The summed E-state index contributed by atoms with van der Waals surface area (Å²) in [6, 6.07) is 7.77. The number of ether oxygens (including phenoxy) is 2. The molecular weight excluding hydrogens is 340 g/mol. The van der Waals surface area contributed by atoms with Gasteiger partial charge in [0.05, 0.1) is 19.9 Å². The first-order chi connectivity index (χ1) is 12.1. The molecular formula is C19H21ClN2O3. The number of ketones is 1. The van der Waals surface area contributed by atoms with Crippen LogP contribution in [0.5, 0.6) is 11.5 Å². The topological polar surface area (TPSA) is 51.7 Å². The Morgan fingerprint density at radius 2 is 1.76 bits per heavy atom. The number of piperidine rings is 1. The van der Waals surface area contributed by atoms with Gasteiger partial charge < -0.3 is 9.47 Å². The van der Waals surface area contributed by atoms with E-state index in [-0.39, 0.29) is 0 Å². The van der Waals surface area contributed by atoms with Gasteiger partial charge in [-0.2, -0.15) is 0 Å². The van der Waals surface area contributed by atoms with Gasteiger partial charge in [-0.25, -0.2) is 0 Å². The molecule has 1 aliphatic heterocycles. The molecule has 0 atom stereocenters. The third kappa shape index (κ3) is 4.11. The number of aromatic nitrogens is 1. The van der Waals surface area contributed by atoms with Crippen LogP contribution in [-0.4, -0.2) is 43.0 Å². The molecule has 0 N–H and O–H groups in total. The number of hydrogen-bond acceptors (Lipinski definition) is 5. The summed E-state index contributed by atoms with van der Waals surface area (Å²) in [5.74, 6) is 1.46. The SMILES string of the molecule is COc1cc(-c2cc(CN3CCC(=O)CC3)ccn2)cc(OC)c1Cl. The summed E-state index contributed by atoms with van der Waals surface area (Å²) >= 11 is 6.24. The molecule has 0 bridgehead atoms. The number of likely N-dealkylation sites (tertiary alicyclic amines) is 1. The van der Waals surface area contributed by atoms with Crippen LogP contribution in [0.25, 0.3) is 11.3 Å². The molecule has 0 unspecified atom stereocenters. The zero-order valence-corrected chi connectivity index (χ0v) is 15.2. The third-order valence-electron chi connectivity index (χ3n) is 4.39. The minimum absolute atomic E-state index is 0.354. The number of nitrogens with zero attached hydrogens (tertiary/aromatic N) is 2. The second-order valence-electron chi connectivity index (χ2n) is 6.06. The van der Waals surface area contributed by atoms with Crippen LogP contribution < -0.4 is 9.47 Å². The highest BCUT2D eigenvalue weighted by Crippen LogP contribution is 2.38. The van der Waals surface area contributed by atoms with Crippen LogP contribution in [0.4, 0.5) is 0 Å². The first kappa shape index (κ1) is 17.7. The van der Waals surface area contributed by atoms with Crippen LogP contribution >= 0.6 is 11.6 Å². The zero-order chi connectivity index (χ0) is 17.8. The average Bonchev–Trinajstić information content (AvgIpc) is 2.64. The van der Waals surface area contributed by atoms with Crippen LogP contribution in [0, 0.1) is 0 Å². The largest absolute Gasteiger partial charge is 0.495 e. The molecule has 132 valence electrons. The average molecular weight is 361 g/mol. The van der Waals surface area contributed by atoms with Gasteiger partial charge in [0, 0.05) is 44.2 Å². The van der Waals surface area contributed by atoms with Gasteiger partial charge in [0.2, 0.25) is 0 Å². The van der Waals surface area contributed by atoms with Crippen molar-refractivity contribution in [3.05, 3.63) is 41.0 Å². The third-order valence-corrected chi connectivity index (χ3v) is 4.76. The molecule has 25 heavy (non-hydrogen) atoms. The lowest BCUT2D eigenvalue weighted by Crippen LogP contribution is -2.33. The van der Waals surface area contributed by atoms with E-state index in [9.17, 15) is 4.79 Å². The van der Waals surface area contributed by atoms with Crippen molar-refractivity contribution in [2.45, 2.75) is 19.4 Å². The Balaban J connectivity index is 1.85. The normalized spacial score (nSPS) is 15.2. The molecule has 2 aromatic rings. The maximum absolute atomic E-state index is 11.4. The number of hydrogen-bond donors (Lipinski definition) is 0. The van der Waals surface area contributed by atoms with E-state index < -0.39 is 0 Å². The van der Waals surface area contributed by atoms with Crippen molar-refractivity contribution in [3.8, 4) is 22.8 Å². The first-order valence-electron chi connectivity index (χ1n) is 8.21. The first-order valence-corrected chi connectivity index (χ1v) is 8.59. The number of carbonyl (C=O) groups excluding carboxylic acids is 1. The van der Waals surface area contributed by atoms with E-state index in [2.05, 4.69) is 16.0 Å². The van der Waals surface area contributed by atoms with Crippen molar-refractivity contribution in [1.29, 1.82) is 0 Å². The molecule has 5 nitrogen and oxygen atoms in total. The number of Topliss-reactive ketones (excluding diaryl/α,β-unsaturated/α-hetero) is 1. The van der Waals surface area contributed by atoms with Gasteiger partial charge in [0.1, 0.15) is 22.3 Å². The van der Waals surface area contributed by atoms with E-state index in [1.54, 1.807) is 20.4 Å². The maximum atomic E-state index is 11.4. The lowest BCUT2D eigenvalue weighted by molar-refractivity contribution is -0.121. The molecule has 0 saturated carbocycles. The summed E-state index contributed by atoms with van der Waals surface area (Å²) in [4.78, 5) is 18.1. The van der Waals surface area contributed by atoms with E-state index in [0.717, 1.165) is 36.5 Å². The summed E-state index contributed by atoms with van der Waals surface area (Å²) in [7, 11) is 3.15. The highest BCUT2D eigenvalue weighted by Gasteiger charge is 2.17. The van der Waals surface area contributed by atoms with Crippen molar-refractivity contribution in [1.82, 2.24) is 9.88 Å². The monoisotopic (exact) mass is 360 g/mol. The van der Waals surface area contributed by atoms with Crippen molar-refractivity contribution in [3.63, 3.8) is 0 Å². The molecule has 2 heterocycles. The predicted molar refractivity (Wildman–Crippen MR) is 97.3 cm³/mol. The summed E-state index contributed by atoms with van der Waals surface area (Å²) in [6.07, 6.45) is 3.08. The van der Waals surface area contributed by atoms with E-state index in [4.69, 9.17) is 21.1 Å². The Labute approximate surface area is 152 Å². The number of methoxy groups -OCH3 is 2. The molecule has 1 aromatic carbocycles. The molecule has 1 aromatic heterocycles. The summed E-state index contributed by atoms with van der Waals surface area (Å²) in [5.41, 5.74) is 2.87. The molecule has 3 rings (SSSR count). The van der Waals surface area contributed by atoms with Crippen LogP contribution in [0.15, 0.2) is 30.5 Å². The number of carbonyl (C=O) groups is 1. The van der Waals surface area contributed by atoms with Crippen molar-refractivity contribution in [2.75, 3.05) is 27.3 Å². The molecule has 0 spiro atoms. The van der Waals surface area contributed by atoms with Gasteiger partial charge in [0.25, 0.3) is 0 Å². The number of rotatable bonds is 5. The smallest absolute Gasteiger partial charge is 0.141 e. The van der Waals surface area contributed by atoms with Gasteiger partial charge in [-0.15, -0.1) is 0 Å². The Kier molecular flexibility index (Phi) is 5.56. The number of pyridine rings is 1. The predicted octanol–water partition coefficient (Wildman–Crippen LogP) is 3.58. The molecule has 0 aliphatic carbocycles. The minimum atomic E-state index is 0.354. The van der Waals surface area contributed by atoms with Crippen molar-refractivity contribution >= 4 is 17.4 Å². The van der Waals surface area contributed by atoms with Crippen LogP contribution in [0.1, 0.15) is 18.4 Å².